The number of carbonyl (C=O) groups is 2. The monoisotopic (exact) mass is 364 g/mol. The highest BCUT2D eigenvalue weighted by molar-refractivity contribution is 6.24. The van der Waals surface area contributed by atoms with Crippen LogP contribution in [0.15, 0.2) is 34.6 Å². The van der Waals surface area contributed by atoms with Gasteiger partial charge in [0, 0.05) is 5.92 Å². The van der Waals surface area contributed by atoms with Crippen LogP contribution in [-0.2, 0) is 9.59 Å². The van der Waals surface area contributed by atoms with Crippen LogP contribution < -0.4 is 0 Å². The van der Waals surface area contributed by atoms with Crippen molar-refractivity contribution >= 4 is 11.6 Å². The molecule has 3 N–H and O–H groups in total. The smallest absolute Gasteiger partial charge is 0.176 e. The molecule has 0 saturated carbocycles. The highest BCUT2D eigenvalue weighted by Crippen LogP contribution is 2.43. The van der Waals surface area contributed by atoms with Crippen molar-refractivity contribution in [1.82, 2.24) is 0 Å². The Kier molecular flexibility index (Phi) is 7.54. The van der Waals surface area contributed by atoms with Gasteiger partial charge in [0.15, 0.2) is 17.2 Å². The zero-order chi connectivity index (χ0) is 20.2. The van der Waals surface area contributed by atoms with Crippen molar-refractivity contribution in [2.75, 3.05) is 0 Å². The average molecular weight is 364 g/mol. The molecule has 0 aromatic rings. The summed E-state index contributed by atoms with van der Waals surface area (Å²) in [7, 11) is 0. The highest BCUT2D eigenvalue weighted by atomic mass is 16.4. The molecule has 0 heterocycles. The van der Waals surface area contributed by atoms with Crippen molar-refractivity contribution < 1.29 is 24.9 Å². The van der Waals surface area contributed by atoms with E-state index in [4.69, 9.17) is 0 Å². The number of hydrogen-bond donors (Lipinski definition) is 3. The van der Waals surface area contributed by atoms with Crippen LogP contribution in [0, 0.1) is 11.8 Å². The fourth-order valence-electron chi connectivity index (χ4n) is 3.05. The Balaban J connectivity index is 3.41. The molecule has 0 unspecified atom stereocenters. The van der Waals surface area contributed by atoms with Crippen molar-refractivity contribution in [2.45, 2.75) is 72.5 Å². The number of ketones is 2. The van der Waals surface area contributed by atoms with E-state index < -0.39 is 40.9 Å². The van der Waals surface area contributed by atoms with E-state index in [0.717, 1.165) is 17.6 Å². The molecule has 0 aliphatic heterocycles. The number of aliphatic hydroxyl groups excluding tert-OH is 2. The molecule has 0 saturated heterocycles. The van der Waals surface area contributed by atoms with E-state index in [2.05, 4.69) is 0 Å². The summed E-state index contributed by atoms with van der Waals surface area (Å²) in [6.07, 6.45) is 3.17. The summed E-state index contributed by atoms with van der Waals surface area (Å²) in [5, 5.41) is 32.4. The Morgan fingerprint density at radius 3 is 2.27 bits per heavy atom. The first kappa shape index (κ1) is 22.3. The highest BCUT2D eigenvalue weighted by Gasteiger charge is 2.58. The first-order valence-corrected chi connectivity index (χ1v) is 9.19. The molecule has 1 aliphatic rings. The van der Waals surface area contributed by atoms with E-state index in [9.17, 15) is 24.9 Å². The molecule has 0 bridgehead atoms. The SMILES string of the molecule is CCC(C)=CC[C@@H]1C(=O)C(C(=O)C(C)C)=C(O)[C@@]1(O)[C@H](O)CC=C(C)C. The van der Waals surface area contributed by atoms with Crippen LogP contribution >= 0.6 is 0 Å². The molecule has 0 spiro atoms. The molecular formula is C21H32O5. The van der Waals surface area contributed by atoms with Crippen molar-refractivity contribution in [1.29, 1.82) is 0 Å². The maximum Gasteiger partial charge on any atom is 0.176 e. The Morgan fingerprint density at radius 2 is 1.81 bits per heavy atom. The van der Waals surface area contributed by atoms with E-state index in [1.54, 1.807) is 19.9 Å². The van der Waals surface area contributed by atoms with Crippen molar-refractivity contribution in [2.24, 2.45) is 11.8 Å². The summed E-state index contributed by atoms with van der Waals surface area (Å²) in [4.78, 5) is 25.3. The minimum atomic E-state index is -2.16. The standard InChI is InChI=1S/C21H32O5/c1-7-14(6)9-10-15-19(24)17(18(23)13(4)5)20(25)21(15,26)16(22)11-8-12(2)3/h8-9,13,15-16,22,25-26H,7,10-11H2,1-6H3/t15-,16-,21+/m1/s1. The van der Waals surface area contributed by atoms with Crippen LogP contribution in [0.5, 0.6) is 0 Å². The van der Waals surface area contributed by atoms with Crippen molar-refractivity contribution in [3.05, 3.63) is 34.6 Å². The minimum absolute atomic E-state index is 0.0757. The molecule has 26 heavy (non-hydrogen) atoms. The second kappa shape index (κ2) is 8.78. The third kappa shape index (κ3) is 4.33. The summed E-state index contributed by atoms with van der Waals surface area (Å²) in [6.45, 7) is 10.8. The van der Waals surface area contributed by atoms with Gasteiger partial charge in [0.05, 0.1) is 12.0 Å². The molecule has 0 radical (unpaired) electrons. The Hall–Kier alpha value is -1.72. The molecule has 5 nitrogen and oxygen atoms in total. The van der Waals surface area contributed by atoms with Crippen molar-refractivity contribution in [3.8, 4) is 0 Å². The lowest BCUT2D eigenvalue weighted by Crippen LogP contribution is -2.49. The zero-order valence-electron chi connectivity index (χ0n) is 16.7. The molecule has 3 atom stereocenters. The Morgan fingerprint density at radius 1 is 1.23 bits per heavy atom. The van der Waals surface area contributed by atoms with Crippen LogP contribution in [0.1, 0.15) is 60.8 Å². The lowest BCUT2D eigenvalue weighted by atomic mass is 9.80. The predicted octanol–water partition coefficient (Wildman–Crippen LogP) is 3.42. The summed E-state index contributed by atoms with van der Waals surface area (Å²) in [6, 6.07) is 0. The summed E-state index contributed by atoms with van der Waals surface area (Å²) < 4.78 is 0. The van der Waals surface area contributed by atoms with E-state index >= 15 is 0 Å². The minimum Gasteiger partial charge on any atom is -0.508 e. The van der Waals surface area contributed by atoms with Crippen molar-refractivity contribution in [3.63, 3.8) is 0 Å². The van der Waals surface area contributed by atoms with Crippen LogP contribution in [-0.4, -0.2) is 38.6 Å². The zero-order valence-corrected chi connectivity index (χ0v) is 16.7. The van der Waals surface area contributed by atoms with Gasteiger partial charge in [-0.3, -0.25) is 9.59 Å². The van der Waals surface area contributed by atoms with Gasteiger partial charge in [-0.25, -0.2) is 0 Å². The summed E-state index contributed by atoms with van der Waals surface area (Å²) >= 11 is 0. The molecule has 0 amide bonds. The van der Waals surface area contributed by atoms with Crippen LogP contribution in [0.3, 0.4) is 0 Å². The van der Waals surface area contributed by atoms with Gasteiger partial charge in [0.25, 0.3) is 0 Å². The number of carbonyl (C=O) groups excluding carboxylic acids is 2. The fourth-order valence-corrected chi connectivity index (χ4v) is 3.05. The van der Waals surface area contributed by atoms with Gasteiger partial charge in [0.2, 0.25) is 0 Å². The number of rotatable bonds is 8. The molecular weight excluding hydrogens is 332 g/mol. The molecule has 0 aromatic heterocycles. The van der Waals surface area contributed by atoms with E-state index in [-0.39, 0.29) is 18.4 Å². The second-order valence-corrected chi connectivity index (χ2v) is 7.66. The molecule has 5 heteroatoms. The van der Waals surface area contributed by atoms with Crippen LogP contribution in [0.25, 0.3) is 0 Å². The fraction of sp³-hybridized carbons (Fsp3) is 0.619. The van der Waals surface area contributed by atoms with Gasteiger partial charge < -0.3 is 15.3 Å². The quantitative estimate of drug-likeness (QED) is 0.453. The van der Waals surface area contributed by atoms with Gasteiger partial charge in [-0.05, 0) is 40.0 Å². The number of aliphatic hydroxyl groups is 3. The normalized spacial score (nSPS) is 25.0. The third-order valence-corrected chi connectivity index (χ3v) is 5.00. The summed E-state index contributed by atoms with van der Waals surface area (Å²) in [5.74, 6) is -3.38. The van der Waals surface area contributed by atoms with E-state index in [1.165, 1.54) is 0 Å². The molecule has 146 valence electrons. The van der Waals surface area contributed by atoms with E-state index in [1.807, 2.05) is 33.8 Å². The largest absolute Gasteiger partial charge is 0.508 e. The van der Waals surface area contributed by atoms with Gasteiger partial charge in [-0.15, -0.1) is 0 Å². The molecule has 0 fully saturated rings. The first-order chi connectivity index (χ1) is 12.0. The molecule has 0 aromatic carbocycles. The maximum absolute atomic E-state index is 12.9. The van der Waals surface area contributed by atoms with Crippen LogP contribution in [0.4, 0.5) is 0 Å². The Labute approximate surface area is 156 Å². The van der Waals surface area contributed by atoms with Gasteiger partial charge in [0.1, 0.15) is 11.3 Å². The maximum atomic E-state index is 12.9. The van der Waals surface area contributed by atoms with E-state index in [0.29, 0.717) is 0 Å². The van der Waals surface area contributed by atoms with Gasteiger partial charge in [-0.1, -0.05) is 44.1 Å². The predicted molar refractivity (Wildman–Crippen MR) is 102 cm³/mol. The second-order valence-electron chi connectivity index (χ2n) is 7.66. The number of hydrogen-bond acceptors (Lipinski definition) is 5. The lowest BCUT2D eigenvalue weighted by Gasteiger charge is -2.33. The molecule has 1 aliphatic carbocycles. The topological polar surface area (TPSA) is 94.8 Å². The lowest BCUT2D eigenvalue weighted by molar-refractivity contribution is -0.134. The Bertz CT molecular complexity index is 649. The number of Topliss-reactive ketones (excluding diaryl/α,β-unsaturated/α-hetero) is 2. The third-order valence-electron chi connectivity index (χ3n) is 5.00. The number of allylic oxidation sites excluding steroid dienone is 4. The first-order valence-electron chi connectivity index (χ1n) is 9.19. The summed E-state index contributed by atoms with van der Waals surface area (Å²) in [5.41, 5.74) is -0.557. The van der Waals surface area contributed by atoms with Gasteiger partial charge in [-0.2, -0.15) is 0 Å². The molecule has 1 rings (SSSR count). The van der Waals surface area contributed by atoms with Gasteiger partial charge >= 0.3 is 0 Å². The average Bonchev–Trinajstić information content (AvgIpc) is 2.77. The van der Waals surface area contributed by atoms with Crippen LogP contribution in [0.2, 0.25) is 0 Å².